The van der Waals surface area contributed by atoms with E-state index in [4.69, 9.17) is 42.8 Å². The standard InChI is InChI=1S/C31H35Cl2N3O4/c1-36(2)17-6-16-34-30(38)31(21-22-8-4-3-5-9-22)28(26-15-12-24(32)20-27(26)33)40-29(35-31)23-10-13-25(14-11-23)39-19-7-18-37/h3-5,8-15,20,28,37H,6-7,16-19,21H2,1-2H3,(H,34,38)/t28-,31-/m1/s1. The largest absolute Gasteiger partial charge is 0.494 e. The highest BCUT2D eigenvalue weighted by molar-refractivity contribution is 6.35. The van der Waals surface area contributed by atoms with Gasteiger partial charge in [-0.2, -0.15) is 0 Å². The lowest BCUT2D eigenvalue weighted by Crippen LogP contribution is -2.50. The third-order valence-corrected chi connectivity index (χ3v) is 7.22. The third kappa shape index (κ3) is 7.34. The van der Waals surface area contributed by atoms with E-state index in [1.165, 1.54) is 0 Å². The summed E-state index contributed by atoms with van der Waals surface area (Å²) in [7, 11) is 4.00. The molecule has 3 aromatic rings. The maximum atomic E-state index is 14.1. The molecular weight excluding hydrogens is 549 g/mol. The quantitative estimate of drug-likeness (QED) is 0.266. The number of hydrogen-bond acceptors (Lipinski definition) is 6. The second kappa shape index (κ2) is 14.0. The maximum absolute atomic E-state index is 14.1. The van der Waals surface area contributed by atoms with Gasteiger partial charge in [0.05, 0.1) is 6.61 Å². The molecule has 2 N–H and O–H groups in total. The Morgan fingerprint density at radius 1 is 1.07 bits per heavy atom. The predicted molar refractivity (Wildman–Crippen MR) is 160 cm³/mol. The summed E-state index contributed by atoms with van der Waals surface area (Å²) < 4.78 is 12.2. The Kier molecular flexibility index (Phi) is 10.5. The number of carbonyl (C=O) groups excluding carboxylic acids is 1. The number of hydrogen-bond donors (Lipinski definition) is 2. The average Bonchev–Trinajstić information content (AvgIpc) is 3.32. The van der Waals surface area contributed by atoms with Crippen LogP contribution in [0, 0.1) is 0 Å². The van der Waals surface area contributed by atoms with Crippen molar-refractivity contribution in [2.75, 3.05) is 40.4 Å². The van der Waals surface area contributed by atoms with Crippen molar-refractivity contribution in [2.24, 2.45) is 4.99 Å². The molecule has 0 unspecified atom stereocenters. The molecule has 0 spiro atoms. The lowest BCUT2D eigenvalue weighted by atomic mass is 9.82. The van der Waals surface area contributed by atoms with Crippen LogP contribution in [0.25, 0.3) is 0 Å². The fourth-order valence-corrected chi connectivity index (χ4v) is 5.14. The topological polar surface area (TPSA) is 83.4 Å². The maximum Gasteiger partial charge on any atom is 0.252 e. The van der Waals surface area contributed by atoms with Crippen molar-refractivity contribution in [3.63, 3.8) is 0 Å². The first kappa shape index (κ1) is 29.9. The molecule has 0 fully saturated rings. The van der Waals surface area contributed by atoms with Crippen molar-refractivity contribution in [2.45, 2.75) is 30.9 Å². The molecule has 9 heteroatoms. The number of halogens is 2. The van der Waals surface area contributed by atoms with Gasteiger partial charge in [0.2, 0.25) is 5.90 Å². The molecule has 40 heavy (non-hydrogen) atoms. The molecule has 0 radical (unpaired) electrons. The molecule has 0 aliphatic carbocycles. The smallest absolute Gasteiger partial charge is 0.252 e. The molecule has 1 heterocycles. The van der Waals surface area contributed by atoms with E-state index >= 15 is 0 Å². The molecule has 0 aromatic heterocycles. The van der Waals surface area contributed by atoms with Crippen molar-refractivity contribution < 1.29 is 19.4 Å². The monoisotopic (exact) mass is 583 g/mol. The average molecular weight is 585 g/mol. The van der Waals surface area contributed by atoms with Gasteiger partial charge in [-0.25, -0.2) is 4.99 Å². The van der Waals surface area contributed by atoms with Gasteiger partial charge < -0.3 is 24.8 Å². The normalized spacial score (nSPS) is 18.4. The summed E-state index contributed by atoms with van der Waals surface area (Å²) in [5.41, 5.74) is 0.970. The molecule has 4 rings (SSSR count). The van der Waals surface area contributed by atoms with Crippen LogP contribution in [0.1, 0.15) is 35.6 Å². The van der Waals surface area contributed by atoms with Gasteiger partial charge in [0.1, 0.15) is 5.75 Å². The third-order valence-electron chi connectivity index (χ3n) is 6.66. The Labute approximate surface area is 245 Å². The van der Waals surface area contributed by atoms with E-state index in [1.54, 1.807) is 18.2 Å². The summed E-state index contributed by atoms with van der Waals surface area (Å²) in [5.74, 6) is 0.782. The van der Waals surface area contributed by atoms with Crippen LogP contribution in [0.15, 0.2) is 77.8 Å². The molecule has 7 nitrogen and oxygen atoms in total. The fraction of sp³-hybridized carbons (Fsp3) is 0.355. The molecule has 1 amide bonds. The number of nitrogens with zero attached hydrogens (tertiary/aromatic N) is 2. The number of rotatable bonds is 13. The second-order valence-electron chi connectivity index (χ2n) is 10.0. The van der Waals surface area contributed by atoms with E-state index < -0.39 is 11.6 Å². The zero-order chi connectivity index (χ0) is 28.5. The lowest BCUT2D eigenvalue weighted by molar-refractivity contribution is -0.128. The van der Waals surface area contributed by atoms with Crippen LogP contribution in [0.4, 0.5) is 0 Å². The van der Waals surface area contributed by atoms with Gasteiger partial charge in [0.25, 0.3) is 5.91 Å². The Hall–Kier alpha value is -3.10. The van der Waals surface area contributed by atoms with Crippen molar-refractivity contribution in [3.05, 3.63) is 99.5 Å². The molecule has 2 atom stereocenters. The molecule has 1 aliphatic rings. The van der Waals surface area contributed by atoms with E-state index in [-0.39, 0.29) is 12.5 Å². The molecule has 212 valence electrons. The van der Waals surface area contributed by atoms with Crippen molar-refractivity contribution in [1.29, 1.82) is 0 Å². The van der Waals surface area contributed by atoms with Crippen LogP contribution in [0.3, 0.4) is 0 Å². The van der Waals surface area contributed by atoms with Crippen LogP contribution < -0.4 is 10.1 Å². The number of benzene rings is 3. The van der Waals surface area contributed by atoms with Crippen LogP contribution in [-0.4, -0.2) is 67.7 Å². The summed E-state index contributed by atoms with van der Waals surface area (Å²) in [4.78, 5) is 21.2. The highest BCUT2D eigenvalue weighted by Gasteiger charge is 2.53. The van der Waals surface area contributed by atoms with E-state index in [9.17, 15) is 4.79 Å². The van der Waals surface area contributed by atoms with Crippen LogP contribution in [-0.2, 0) is 16.0 Å². The number of ether oxygens (including phenoxy) is 2. The number of carbonyl (C=O) groups is 1. The zero-order valence-corrected chi connectivity index (χ0v) is 24.3. The molecule has 0 saturated heterocycles. The van der Waals surface area contributed by atoms with Crippen LogP contribution in [0.2, 0.25) is 10.0 Å². The molecular formula is C31H35Cl2N3O4. The number of nitrogens with one attached hydrogen (secondary N) is 1. The zero-order valence-electron chi connectivity index (χ0n) is 22.8. The Morgan fingerprint density at radius 2 is 1.82 bits per heavy atom. The highest BCUT2D eigenvalue weighted by Crippen LogP contribution is 2.45. The number of aliphatic hydroxyl groups excluding tert-OH is 1. The number of amides is 1. The van der Waals surface area contributed by atoms with Crippen molar-refractivity contribution in [1.82, 2.24) is 10.2 Å². The lowest BCUT2D eigenvalue weighted by Gasteiger charge is -2.31. The number of aliphatic hydroxyl groups is 1. The fourth-order valence-electron chi connectivity index (χ4n) is 4.63. The first-order chi connectivity index (χ1) is 19.3. The Bertz CT molecular complexity index is 1300. The van der Waals surface area contributed by atoms with Crippen LogP contribution in [0.5, 0.6) is 5.75 Å². The van der Waals surface area contributed by atoms with Gasteiger partial charge >= 0.3 is 0 Å². The van der Waals surface area contributed by atoms with Gasteiger partial charge in [-0.15, -0.1) is 0 Å². The summed E-state index contributed by atoms with van der Waals surface area (Å²) in [6.07, 6.45) is 0.860. The Balaban J connectivity index is 1.74. The minimum Gasteiger partial charge on any atom is -0.494 e. The molecule has 0 bridgehead atoms. The van der Waals surface area contributed by atoms with Crippen molar-refractivity contribution in [3.8, 4) is 5.75 Å². The molecule has 0 saturated carbocycles. The summed E-state index contributed by atoms with van der Waals surface area (Å²) >= 11 is 12.9. The van der Waals surface area contributed by atoms with E-state index in [0.717, 1.165) is 18.5 Å². The van der Waals surface area contributed by atoms with Gasteiger partial charge in [-0.1, -0.05) is 59.6 Å². The molecule has 1 aliphatic heterocycles. The minimum atomic E-state index is -1.32. The van der Waals surface area contributed by atoms with E-state index in [0.29, 0.717) is 58.8 Å². The summed E-state index contributed by atoms with van der Waals surface area (Å²) in [6.45, 7) is 1.83. The predicted octanol–water partition coefficient (Wildman–Crippen LogP) is 5.32. The van der Waals surface area contributed by atoms with Crippen LogP contribution >= 0.6 is 23.2 Å². The first-order valence-electron chi connectivity index (χ1n) is 13.3. The van der Waals surface area contributed by atoms with Gasteiger partial charge in [-0.05, 0) is 69.0 Å². The van der Waals surface area contributed by atoms with Gasteiger partial charge in [-0.3, -0.25) is 4.79 Å². The first-order valence-corrected chi connectivity index (χ1v) is 14.1. The Morgan fingerprint density at radius 3 is 2.50 bits per heavy atom. The number of aliphatic imine (C=N–C) groups is 1. The second-order valence-corrected chi connectivity index (χ2v) is 10.9. The van der Waals surface area contributed by atoms with Gasteiger partial charge in [0, 0.05) is 47.2 Å². The molecule has 3 aromatic carbocycles. The van der Waals surface area contributed by atoms with E-state index in [2.05, 4.69) is 10.2 Å². The van der Waals surface area contributed by atoms with E-state index in [1.807, 2.05) is 68.7 Å². The summed E-state index contributed by atoms with van der Waals surface area (Å²) in [6, 6.07) is 22.3. The SMILES string of the molecule is CN(C)CCCNC(=O)[C@]1(Cc2ccccc2)N=C(c2ccc(OCCCO)cc2)O[C@@H]1c1ccc(Cl)cc1Cl. The minimum absolute atomic E-state index is 0.0675. The summed E-state index contributed by atoms with van der Waals surface area (Å²) in [5, 5.41) is 13.0. The van der Waals surface area contributed by atoms with Crippen molar-refractivity contribution >= 4 is 35.0 Å². The highest BCUT2D eigenvalue weighted by atomic mass is 35.5. The van der Waals surface area contributed by atoms with Gasteiger partial charge in [0.15, 0.2) is 11.6 Å².